The van der Waals surface area contributed by atoms with E-state index in [9.17, 15) is 15.3 Å². The fourth-order valence-corrected chi connectivity index (χ4v) is 2.61. The van der Waals surface area contributed by atoms with Gasteiger partial charge in [0.15, 0.2) is 0 Å². The van der Waals surface area contributed by atoms with Crippen molar-refractivity contribution in [2.75, 3.05) is 13.1 Å². The second-order valence-electron chi connectivity index (χ2n) is 7.62. The van der Waals surface area contributed by atoms with Crippen molar-refractivity contribution in [3.63, 3.8) is 0 Å². The van der Waals surface area contributed by atoms with E-state index >= 15 is 0 Å². The molecule has 28 heavy (non-hydrogen) atoms. The lowest BCUT2D eigenvalue weighted by Crippen LogP contribution is -2.49. The molecule has 11 nitrogen and oxygen atoms in total. The first kappa shape index (κ1) is 23.5. The molecule has 0 aliphatic heterocycles. The van der Waals surface area contributed by atoms with Gasteiger partial charge in [0.1, 0.15) is 12.4 Å². The molecule has 0 spiro atoms. The van der Waals surface area contributed by atoms with Gasteiger partial charge in [-0.05, 0) is 59.1 Å². The van der Waals surface area contributed by atoms with Crippen LogP contribution in [0, 0.1) is 10.1 Å². The Kier molecular flexibility index (Phi) is 8.51. The van der Waals surface area contributed by atoms with Gasteiger partial charge in [0, 0.05) is 6.42 Å². The molecular formula is C17H31N7O4. The molecule has 158 valence electrons. The van der Waals surface area contributed by atoms with Gasteiger partial charge >= 0.3 is 5.95 Å². The maximum atomic E-state index is 10.9. The molecule has 1 aromatic heterocycles. The van der Waals surface area contributed by atoms with Crippen molar-refractivity contribution in [3.8, 4) is 0 Å². The molecule has 11 heteroatoms. The van der Waals surface area contributed by atoms with Crippen molar-refractivity contribution in [3.05, 3.63) is 22.5 Å². The maximum Gasteiger partial charge on any atom is 0.434 e. The van der Waals surface area contributed by atoms with Crippen molar-refractivity contribution < 1.29 is 15.3 Å². The van der Waals surface area contributed by atoms with Crippen LogP contribution in [-0.2, 0) is 6.54 Å². The third-order valence-corrected chi connectivity index (χ3v) is 4.83. The summed E-state index contributed by atoms with van der Waals surface area (Å²) in [7, 11) is 0. The molecule has 0 saturated carbocycles. The number of oxime groups is 2. The summed E-state index contributed by atoms with van der Waals surface area (Å²) in [5.41, 5.74) is 0.111. The van der Waals surface area contributed by atoms with Gasteiger partial charge in [-0.1, -0.05) is 15.3 Å². The summed E-state index contributed by atoms with van der Waals surface area (Å²) in [4.78, 5) is 14.1. The van der Waals surface area contributed by atoms with Crippen LogP contribution in [0.25, 0.3) is 0 Å². The minimum atomic E-state index is -0.581. The molecule has 0 fully saturated rings. The summed E-state index contributed by atoms with van der Waals surface area (Å²) >= 11 is 0. The highest BCUT2D eigenvalue weighted by atomic mass is 16.6. The lowest BCUT2D eigenvalue weighted by atomic mass is 9.95. The highest BCUT2D eigenvalue weighted by Gasteiger charge is 2.26. The lowest BCUT2D eigenvalue weighted by Gasteiger charge is -2.28. The van der Waals surface area contributed by atoms with E-state index in [1.165, 1.54) is 17.0 Å². The van der Waals surface area contributed by atoms with Crippen LogP contribution in [-0.4, -0.2) is 60.5 Å². The lowest BCUT2D eigenvalue weighted by molar-refractivity contribution is -0.396. The van der Waals surface area contributed by atoms with Gasteiger partial charge in [0.25, 0.3) is 0 Å². The largest absolute Gasteiger partial charge is 0.434 e. The number of aromatic nitrogens is 2. The topological polar surface area (TPSA) is 150 Å². The molecular weight excluding hydrogens is 366 g/mol. The van der Waals surface area contributed by atoms with Crippen LogP contribution in [0.4, 0.5) is 5.95 Å². The molecule has 1 rings (SSSR count). The molecule has 0 bridgehead atoms. The minimum Gasteiger partial charge on any atom is -0.411 e. The predicted octanol–water partition coefficient (Wildman–Crippen LogP) is 1.99. The molecule has 4 N–H and O–H groups in total. The number of imidazole rings is 1. The van der Waals surface area contributed by atoms with E-state index in [1.807, 2.05) is 27.7 Å². The normalized spacial score (nSPS) is 13.8. The quantitative estimate of drug-likeness (QED) is 0.138. The van der Waals surface area contributed by atoms with Crippen LogP contribution in [0.1, 0.15) is 47.5 Å². The van der Waals surface area contributed by atoms with Crippen LogP contribution >= 0.6 is 0 Å². The first-order valence-corrected chi connectivity index (χ1v) is 9.11. The number of hydrogen-bond acceptors (Lipinski definition) is 9. The van der Waals surface area contributed by atoms with Crippen molar-refractivity contribution in [2.45, 2.75) is 65.1 Å². The summed E-state index contributed by atoms with van der Waals surface area (Å²) < 4.78 is 1.41. The Hall–Kier alpha value is -2.53. The maximum absolute atomic E-state index is 10.9. The monoisotopic (exact) mass is 397 g/mol. The van der Waals surface area contributed by atoms with Gasteiger partial charge in [-0.25, -0.2) is 4.57 Å². The Morgan fingerprint density at radius 2 is 1.82 bits per heavy atom. The SMILES string of the molecule is C/C(=N/O)C(C)(C)NCCCNC(C)(C)/C(CCn1ccnc1[N+](=O)[O-])=N/O. The fourth-order valence-electron chi connectivity index (χ4n) is 2.61. The summed E-state index contributed by atoms with van der Waals surface area (Å²) in [5, 5.41) is 42.5. The zero-order valence-electron chi connectivity index (χ0n) is 17.1. The molecule has 0 unspecified atom stereocenters. The van der Waals surface area contributed by atoms with Crippen LogP contribution in [0.5, 0.6) is 0 Å². The molecule has 0 amide bonds. The molecule has 1 heterocycles. The standard InChI is InChI=1S/C17H31N7O4/c1-13(21-25)16(2,3)19-8-6-9-20-17(4,5)14(22-26)7-11-23-12-10-18-15(23)24(27)28/h10,12,19-20,25-26H,6-9,11H2,1-5H3/b21-13-,22-14+. The third kappa shape index (κ3) is 6.57. The molecule has 1 aromatic rings. The Morgan fingerprint density at radius 1 is 1.21 bits per heavy atom. The second-order valence-corrected chi connectivity index (χ2v) is 7.62. The third-order valence-electron chi connectivity index (χ3n) is 4.83. The minimum absolute atomic E-state index is 0.238. The van der Waals surface area contributed by atoms with Crippen LogP contribution in [0.3, 0.4) is 0 Å². The Labute approximate surface area is 164 Å². The van der Waals surface area contributed by atoms with Gasteiger partial charge in [-0.3, -0.25) is 0 Å². The Morgan fingerprint density at radius 3 is 2.36 bits per heavy atom. The Bertz CT molecular complexity index is 710. The van der Waals surface area contributed by atoms with E-state index < -0.39 is 16.0 Å². The van der Waals surface area contributed by atoms with Crippen LogP contribution in [0.15, 0.2) is 22.7 Å². The van der Waals surface area contributed by atoms with E-state index in [0.29, 0.717) is 30.9 Å². The molecule has 0 aromatic carbocycles. The zero-order chi connectivity index (χ0) is 21.4. The van der Waals surface area contributed by atoms with Crippen LogP contribution < -0.4 is 10.6 Å². The first-order valence-electron chi connectivity index (χ1n) is 9.11. The molecule has 0 radical (unpaired) electrons. The summed E-state index contributed by atoms with van der Waals surface area (Å²) in [6, 6.07) is 0. The van der Waals surface area contributed by atoms with Crippen molar-refractivity contribution in [1.82, 2.24) is 20.2 Å². The van der Waals surface area contributed by atoms with Gasteiger partial charge < -0.3 is 31.2 Å². The highest BCUT2D eigenvalue weighted by molar-refractivity contribution is 5.92. The number of nitro groups is 1. The molecule has 0 saturated heterocycles. The molecule has 0 atom stereocenters. The summed E-state index contributed by atoms with van der Waals surface area (Å²) in [5.74, 6) is -0.238. The van der Waals surface area contributed by atoms with Gasteiger partial charge in [-0.2, -0.15) is 0 Å². The second kappa shape index (κ2) is 10.1. The number of nitrogens with zero attached hydrogens (tertiary/aromatic N) is 5. The first-order chi connectivity index (χ1) is 13.0. The average Bonchev–Trinajstić information content (AvgIpc) is 3.09. The highest BCUT2D eigenvalue weighted by Crippen LogP contribution is 2.14. The summed E-state index contributed by atoms with van der Waals surface area (Å²) in [6.07, 6.45) is 4.04. The van der Waals surface area contributed by atoms with Crippen LogP contribution in [0.2, 0.25) is 0 Å². The van der Waals surface area contributed by atoms with Crippen molar-refractivity contribution in [1.29, 1.82) is 0 Å². The van der Waals surface area contributed by atoms with Gasteiger partial charge in [-0.15, -0.1) is 0 Å². The van der Waals surface area contributed by atoms with E-state index in [2.05, 4.69) is 25.9 Å². The van der Waals surface area contributed by atoms with Gasteiger partial charge in [0.2, 0.25) is 0 Å². The zero-order valence-corrected chi connectivity index (χ0v) is 17.1. The van der Waals surface area contributed by atoms with E-state index in [1.54, 1.807) is 6.92 Å². The molecule has 0 aliphatic carbocycles. The average molecular weight is 397 g/mol. The number of hydrogen-bond donors (Lipinski definition) is 4. The van der Waals surface area contributed by atoms with Crippen molar-refractivity contribution >= 4 is 17.4 Å². The fraction of sp³-hybridized carbons (Fsp3) is 0.706. The molecule has 0 aliphatic rings. The Balaban J connectivity index is 2.51. The number of aryl methyl sites for hydroxylation is 1. The van der Waals surface area contributed by atoms with E-state index in [4.69, 9.17) is 5.21 Å². The smallest absolute Gasteiger partial charge is 0.411 e. The number of nitrogens with one attached hydrogen (secondary N) is 2. The van der Waals surface area contributed by atoms with Crippen molar-refractivity contribution in [2.24, 2.45) is 10.3 Å². The predicted molar refractivity (Wildman–Crippen MR) is 106 cm³/mol. The summed E-state index contributed by atoms with van der Waals surface area (Å²) in [6.45, 7) is 11.1. The van der Waals surface area contributed by atoms with Gasteiger partial charge in [0.05, 0.1) is 29.0 Å². The number of rotatable bonds is 12. The van der Waals surface area contributed by atoms with E-state index in [0.717, 1.165) is 6.42 Å². The van der Waals surface area contributed by atoms with E-state index in [-0.39, 0.29) is 12.5 Å².